The van der Waals surface area contributed by atoms with Crippen molar-refractivity contribution in [1.82, 2.24) is 14.5 Å². The van der Waals surface area contributed by atoms with Gasteiger partial charge >= 0.3 is 5.97 Å². The van der Waals surface area contributed by atoms with E-state index in [0.717, 1.165) is 0 Å². The lowest BCUT2D eigenvalue weighted by atomic mass is 9.86. The lowest BCUT2D eigenvalue weighted by Crippen LogP contribution is -2.52. The van der Waals surface area contributed by atoms with Gasteiger partial charge in [-0.25, -0.2) is 9.78 Å². The van der Waals surface area contributed by atoms with Crippen LogP contribution in [0.3, 0.4) is 0 Å². The molecule has 0 atom stereocenters. The Balaban J connectivity index is 1.53. The van der Waals surface area contributed by atoms with Crippen molar-refractivity contribution in [2.75, 3.05) is 19.9 Å². The fraction of sp³-hybridized carbons (Fsp3) is 0.389. The maximum absolute atomic E-state index is 12.8. The highest BCUT2D eigenvalue weighted by Crippen LogP contribution is 2.35. The van der Waals surface area contributed by atoms with Crippen LogP contribution in [0, 0.1) is 6.92 Å². The standard InChI is InChI=1S/C18H19N3O5/c1-12-19-6-9-21(12)18(17(23)24)4-7-20(8-5-18)16(22)13-2-3-14-15(10-13)26-11-25-14/h2-3,6,9-10H,4-5,7-8,11H2,1H3,(H,23,24). The molecule has 0 saturated carbocycles. The van der Waals surface area contributed by atoms with E-state index in [1.165, 1.54) is 0 Å². The van der Waals surface area contributed by atoms with Crippen molar-refractivity contribution in [3.63, 3.8) is 0 Å². The van der Waals surface area contributed by atoms with E-state index in [0.29, 0.717) is 48.8 Å². The SMILES string of the molecule is Cc1nccn1C1(C(=O)O)CCN(C(=O)c2ccc3c(c2)OCO3)CC1. The second-order valence-electron chi connectivity index (χ2n) is 6.54. The molecule has 1 N–H and O–H groups in total. The molecule has 3 heterocycles. The number of benzene rings is 1. The summed E-state index contributed by atoms with van der Waals surface area (Å²) in [5.41, 5.74) is -0.553. The number of hydrogen-bond acceptors (Lipinski definition) is 5. The number of hydrogen-bond donors (Lipinski definition) is 1. The number of carbonyl (C=O) groups excluding carboxylic acids is 1. The number of aryl methyl sites for hydroxylation is 1. The smallest absolute Gasteiger partial charge is 0.330 e. The van der Waals surface area contributed by atoms with Crippen molar-refractivity contribution >= 4 is 11.9 Å². The van der Waals surface area contributed by atoms with Crippen LogP contribution in [0.25, 0.3) is 0 Å². The van der Waals surface area contributed by atoms with E-state index in [1.54, 1.807) is 47.0 Å². The van der Waals surface area contributed by atoms with Crippen LogP contribution in [-0.2, 0) is 10.3 Å². The van der Waals surface area contributed by atoms with Gasteiger partial charge in [0.1, 0.15) is 11.4 Å². The summed E-state index contributed by atoms with van der Waals surface area (Å²) in [5, 5.41) is 9.85. The van der Waals surface area contributed by atoms with Gasteiger partial charge in [-0.2, -0.15) is 0 Å². The number of nitrogens with zero attached hydrogens (tertiary/aromatic N) is 3. The Morgan fingerprint density at radius 2 is 1.92 bits per heavy atom. The van der Waals surface area contributed by atoms with Crippen LogP contribution in [0.5, 0.6) is 11.5 Å². The van der Waals surface area contributed by atoms with E-state index >= 15 is 0 Å². The molecule has 0 aliphatic carbocycles. The van der Waals surface area contributed by atoms with Crippen molar-refractivity contribution in [2.24, 2.45) is 0 Å². The number of rotatable bonds is 3. The minimum absolute atomic E-state index is 0.135. The van der Waals surface area contributed by atoms with E-state index < -0.39 is 11.5 Å². The van der Waals surface area contributed by atoms with Crippen molar-refractivity contribution in [3.8, 4) is 11.5 Å². The molecule has 8 nitrogen and oxygen atoms in total. The van der Waals surface area contributed by atoms with Crippen LogP contribution in [0.2, 0.25) is 0 Å². The lowest BCUT2D eigenvalue weighted by Gasteiger charge is -2.40. The first-order valence-corrected chi connectivity index (χ1v) is 8.44. The summed E-state index contributed by atoms with van der Waals surface area (Å²) in [5.74, 6) is 0.809. The number of carboxylic acid groups (broad SMARTS) is 1. The summed E-state index contributed by atoms with van der Waals surface area (Å²) in [6, 6.07) is 5.09. The van der Waals surface area contributed by atoms with Crippen LogP contribution in [0.1, 0.15) is 29.0 Å². The molecule has 1 saturated heterocycles. The Hall–Kier alpha value is -3.03. The van der Waals surface area contributed by atoms with Gasteiger partial charge in [0, 0.05) is 31.0 Å². The number of aliphatic carboxylic acids is 1. The Morgan fingerprint density at radius 1 is 1.19 bits per heavy atom. The average Bonchev–Trinajstić information content (AvgIpc) is 3.29. The quantitative estimate of drug-likeness (QED) is 0.897. The molecule has 0 unspecified atom stereocenters. The second kappa shape index (κ2) is 6.05. The molecule has 2 aliphatic heterocycles. The van der Waals surface area contributed by atoms with Crippen LogP contribution in [0.15, 0.2) is 30.6 Å². The van der Waals surface area contributed by atoms with Gasteiger partial charge in [0.25, 0.3) is 5.91 Å². The van der Waals surface area contributed by atoms with E-state index in [9.17, 15) is 14.7 Å². The number of likely N-dealkylation sites (tertiary alicyclic amines) is 1. The normalized spacial score (nSPS) is 18.0. The van der Waals surface area contributed by atoms with E-state index in [-0.39, 0.29) is 12.7 Å². The first kappa shape index (κ1) is 16.4. The molecule has 0 bridgehead atoms. The molecule has 0 radical (unpaired) electrons. The maximum atomic E-state index is 12.8. The summed E-state index contributed by atoms with van der Waals surface area (Å²) in [4.78, 5) is 30.6. The van der Waals surface area contributed by atoms with Crippen molar-refractivity contribution in [3.05, 3.63) is 42.0 Å². The zero-order chi connectivity index (χ0) is 18.3. The van der Waals surface area contributed by atoms with E-state index in [4.69, 9.17) is 9.47 Å². The Bertz CT molecular complexity index is 867. The fourth-order valence-electron chi connectivity index (χ4n) is 3.68. The number of carboxylic acids is 1. The third-order valence-electron chi connectivity index (χ3n) is 5.18. The van der Waals surface area contributed by atoms with Gasteiger partial charge in [0.05, 0.1) is 0 Å². The molecule has 2 aromatic rings. The number of piperidine rings is 1. The zero-order valence-electron chi connectivity index (χ0n) is 14.3. The average molecular weight is 357 g/mol. The second-order valence-corrected chi connectivity index (χ2v) is 6.54. The summed E-state index contributed by atoms with van der Waals surface area (Å²) < 4.78 is 12.3. The molecular weight excluding hydrogens is 338 g/mol. The van der Waals surface area contributed by atoms with Crippen LogP contribution >= 0.6 is 0 Å². The molecule has 136 valence electrons. The fourth-order valence-corrected chi connectivity index (χ4v) is 3.68. The molecular formula is C18H19N3O5. The molecule has 8 heteroatoms. The van der Waals surface area contributed by atoms with Gasteiger partial charge in [0.15, 0.2) is 11.5 Å². The van der Waals surface area contributed by atoms with Crippen molar-refractivity contribution in [2.45, 2.75) is 25.3 Å². The summed E-state index contributed by atoms with van der Waals surface area (Å²) in [7, 11) is 0. The van der Waals surface area contributed by atoms with Gasteiger partial charge in [-0.1, -0.05) is 0 Å². The van der Waals surface area contributed by atoms with Crippen molar-refractivity contribution in [1.29, 1.82) is 0 Å². The predicted molar refractivity (Wildman–Crippen MR) is 90.3 cm³/mol. The molecule has 4 rings (SSSR count). The Kier molecular flexibility index (Phi) is 3.82. The van der Waals surface area contributed by atoms with Crippen LogP contribution in [-0.4, -0.2) is 51.3 Å². The molecule has 1 aromatic carbocycles. The van der Waals surface area contributed by atoms with Crippen LogP contribution < -0.4 is 9.47 Å². The van der Waals surface area contributed by atoms with E-state index in [1.807, 2.05) is 0 Å². The summed E-state index contributed by atoms with van der Waals surface area (Å²) in [6.07, 6.45) is 3.95. The summed E-state index contributed by atoms with van der Waals surface area (Å²) >= 11 is 0. The minimum Gasteiger partial charge on any atom is -0.479 e. The zero-order valence-corrected chi connectivity index (χ0v) is 14.3. The molecule has 2 aliphatic rings. The third kappa shape index (κ3) is 2.49. The van der Waals surface area contributed by atoms with Gasteiger partial charge < -0.3 is 24.0 Å². The number of carbonyl (C=O) groups is 2. The highest BCUT2D eigenvalue weighted by molar-refractivity contribution is 5.95. The Morgan fingerprint density at radius 3 is 2.58 bits per heavy atom. The summed E-state index contributed by atoms with van der Waals surface area (Å²) in [6.45, 7) is 2.66. The first-order chi connectivity index (χ1) is 12.5. The number of aromatic nitrogens is 2. The number of imidazole rings is 1. The van der Waals surface area contributed by atoms with Gasteiger partial charge in [0.2, 0.25) is 6.79 Å². The molecule has 26 heavy (non-hydrogen) atoms. The molecule has 1 amide bonds. The van der Waals surface area contributed by atoms with Crippen molar-refractivity contribution < 1.29 is 24.2 Å². The van der Waals surface area contributed by atoms with Gasteiger partial charge in [-0.15, -0.1) is 0 Å². The maximum Gasteiger partial charge on any atom is 0.330 e. The Labute approximate surface area is 150 Å². The highest BCUT2D eigenvalue weighted by atomic mass is 16.7. The first-order valence-electron chi connectivity index (χ1n) is 8.44. The van der Waals surface area contributed by atoms with E-state index in [2.05, 4.69) is 4.98 Å². The largest absolute Gasteiger partial charge is 0.479 e. The number of ether oxygens (including phenoxy) is 2. The third-order valence-corrected chi connectivity index (χ3v) is 5.18. The van der Waals surface area contributed by atoms with Crippen LogP contribution in [0.4, 0.5) is 0 Å². The van der Waals surface area contributed by atoms with Gasteiger partial charge in [-0.05, 0) is 38.0 Å². The van der Waals surface area contributed by atoms with Gasteiger partial charge in [-0.3, -0.25) is 4.79 Å². The number of amides is 1. The lowest BCUT2D eigenvalue weighted by molar-refractivity contribution is -0.150. The highest BCUT2D eigenvalue weighted by Gasteiger charge is 2.44. The minimum atomic E-state index is -1.06. The molecule has 1 aromatic heterocycles. The predicted octanol–water partition coefficient (Wildman–Crippen LogP) is 1.64. The topological polar surface area (TPSA) is 93.9 Å². The monoisotopic (exact) mass is 357 g/mol. The molecule has 0 spiro atoms. The number of fused-ring (bicyclic) bond motifs is 1. The molecule has 1 fully saturated rings.